The lowest BCUT2D eigenvalue weighted by Gasteiger charge is -2.10. The van der Waals surface area contributed by atoms with Crippen molar-refractivity contribution in [2.75, 3.05) is 10.0 Å². The predicted molar refractivity (Wildman–Crippen MR) is 99.8 cm³/mol. The van der Waals surface area contributed by atoms with Gasteiger partial charge < -0.3 is 5.32 Å². The number of carbonyl (C=O) groups is 1. The lowest BCUT2D eigenvalue weighted by atomic mass is 10.3. The van der Waals surface area contributed by atoms with E-state index in [1.54, 1.807) is 41.9 Å². The topological polar surface area (TPSA) is 93.1 Å². The quantitative estimate of drug-likeness (QED) is 0.702. The van der Waals surface area contributed by atoms with Crippen LogP contribution in [0.1, 0.15) is 12.6 Å². The Morgan fingerprint density at radius 1 is 1.07 bits per heavy atom. The standard InChI is InChI=1S/C18H17FN4O3S/c1-12-11-18(20-13(2)24)23(21-12)16-7-5-15(6-8-16)22-27(25,26)17-9-3-14(19)4-10-17/h3-11,22H,1-2H3,(H,20,24). The van der Waals surface area contributed by atoms with Gasteiger partial charge in [-0.2, -0.15) is 5.10 Å². The van der Waals surface area contributed by atoms with Crippen LogP contribution in [0.3, 0.4) is 0 Å². The third kappa shape index (κ3) is 4.32. The monoisotopic (exact) mass is 388 g/mol. The maximum Gasteiger partial charge on any atom is 0.261 e. The summed E-state index contributed by atoms with van der Waals surface area (Å²) in [7, 11) is -3.82. The molecule has 3 aromatic rings. The van der Waals surface area contributed by atoms with Gasteiger partial charge in [-0.15, -0.1) is 0 Å². The Hall–Kier alpha value is -3.20. The van der Waals surface area contributed by atoms with E-state index in [9.17, 15) is 17.6 Å². The summed E-state index contributed by atoms with van der Waals surface area (Å²) in [5, 5.41) is 7.01. The molecule has 0 aliphatic carbocycles. The summed E-state index contributed by atoms with van der Waals surface area (Å²) in [4.78, 5) is 11.3. The zero-order chi connectivity index (χ0) is 19.6. The Kier molecular flexibility index (Phi) is 4.95. The normalized spacial score (nSPS) is 11.2. The SMILES string of the molecule is CC(=O)Nc1cc(C)nn1-c1ccc(NS(=O)(=O)c2ccc(F)cc2)cc1. The van der Waals surface area contributed by atoms with E-state index in [-0.39, 0.29) is 10.8 Å². The largest absolute Gasteiger partial charge is 0.311 e. The highest BCUT2D eigenvalue weighted by Crippen LogP contribution is 2.21. The van der Waals surface area contributed by atoms with Gasteiger partial charge in [-0.3, -0.25) is 9.52 Å². The summed E-state index contributed by atoms with van der Waals surface area (Å²) in [6.07, 6.45) is 0. The second-order valence-corrected chi connectivity index (χ2v) is 7.55. The fraction of sp³-hybridized carbons (Fsp3) is 0.111. The molecule has 1 amide bonds. The van der Waals surface area contributed by atoms with E-state index in [4.69, 9.17) is 0 Å². The van der Waals surface area contributed by atoms with Gasteiger partial charge in [0.1, 0.15) is 11.6 Å². The van der Waals surface area contributed by atoms with Gasteiger partial charge in [0.05, 0.1) is 16.3 Å². The van der Waals surface area contributed by atoms with E-state index in [0.717, 1.165) is 17.8 Å². The number of anilines is 2. The van der Waals surface area contributed by atoms with Gasteiger partial charge in [0.2, 0.25) is 5.91 Å². The number of hydrogen-bond donors (Lipinski definition) is 2. The number of hydrogen-bond acceptors (Lipinski definition) is 4. The second kappa shape index (κ2) is 7.20. The van der Waals surface area contributed by atoms with Gasteiger partial charge >= 0.3 is 0 Å². The Labute approximate surface area is 155 Å². The smallest absolute Gasteiger partial charge is 0.261 e. The molecule has 0 atom stereocenters. The van der Waals surface area contributed by atoms with Crippen LogP contribution in [0.4, 0.5) is 15.9 Å². The summed E-state index contributed by atoms with van der Waals surface area (Å²) in [6.45, 7) is 3.20. The molecule has 0 spiro atoms. The molecule has 0 saturated heterocycles. The Morgan fingerprint density at radius 3 is 2.30 bits per heavy atom. The first-order valence-electron chi connectivity index (χ1n) is 7.98. The Morgan fingerprint density at radius 2 is 1.70 bits per heavy atom. The lowest BCUT2D eigenvalue weighted by molar-refractivity contribution is -0.114. The van der Waals surface area contributed by atoms with Crippen LogP contribution in [0.25, 0.3) is 5.69 Å². The van der Waals surface area contributed by atoms with Crippen LogP contribution in [-0.4, -0.2) is 24.1 Å². The van der Waals surface area contributed by atoms with Gasteiger partial charge in [-0.1, -0.05) is 0 Å². The molecule has 2 aromatic carbocycles. The first kappa shape index (κ1) is 18.6. The average Bonchev–Trinajstić information content (AvgIpc) is 2.95. The molecule has 1 aromatic heterocycles. The van der Waals surface area contributed by atoms with Crippen LogP contribution in [0.5, 0.6) is 0 Å². The minimum atomic E-state index is -3.82. The summed E-state index contributed by atoms with van der Waals surface area (Å²) in [6, 6.07) is 12.8. The van der Waals surface area contributed by atoms with Crippen molar-refractivity contribution in [1.29, 1.82) is 0 Å². The molecule has 0 saturated carbocycles. The molecule has 0 radical (unpaired) electrons. The van der Waals surface area contributed by atoms with E-state index < -0.39 is 15.8 Å². The molecule has 2 N–H and O–H groups in total. The minimum Gasteiger partial charge on any atom is -0.311 e. The zero-order valence-electron chi connectivity index (χ0n) is 14.6. The minimum absolute atomic E-state index is 0.0383. The maximum atomic E-state index is 13.0. The van der Waals surface area contributed by atoms with Crippen molar-refractivity contribution in [1.82, 2.24) is 9.78 Å². The van der Waals surface area contributed by atoms with Gasteiger partial charge in [-0.05, 0) is 55.5 Å². The number of benzene rings is 2. The second-order valence-electron chi connectivity index (χ2n) is 5.87. The van der Waals surface area contributed by atoms with Crippen molar-refractivity contribution in [2.24, 2.45) is 0 Å². The van der Waals surface area contributed by atoms with Gasteiger partial charge in [0.15, 0.2) is 0 Å². The molecule has 9 heteroatoms. The molecule has 0 aliphatic rings. The molecule has 27 heavy (non-hydrogen) atoms. The molecule has 0 bridgehead atoms. The Bertz CT molecular complexity index is 1070. The first-order chi connectivity index (χ1) is 12.7. The van der Waals surface area contributed by atoms with Crippen molar-refractivity contribution >= 4 is 27.4 Å². The molecular weight excluding hydrogens is 371 g/mol. The fourth-order valence-electron chi connectivity index (χ4n) is 2.46. The van der Waals surface area contributed by atoms with Crippen molar-refractivity contribution in [3.63, 3.8) is 0 Å². The Balaban J connectivity index is 1.84. The number of sulfonamides is 1. The molecule has 0 unspecified atom stereocenters. The van der Waals surface area contributed by atoms with E-state index in [1.807, 2.05) is 0 Å². The highest BCUT2D eigenvalue weighted by Gasteiger charge is 2.15. The maximum absolute atomic E-state index is 13.0. The van der Waals surface area contributed by atoms with Crippen LogP contribution in [0.15, 0.2) is 59.5 Å². The number of halogens is 1. The number of rotatable bonds is 5. The van der Waals surface area contributed by atoms with Crippen molar-refractivity contribution in [3.05, 3.63) is 66.1 Å². The third-order valence-electron chi connectivity index (χ3n) is 3.62. The van der Waals surface area contributed by atoms with Gasteiger partial charge in [-0.25, -0.2) is 17.5 Å². The van der Waals surface area contributed by atoms with Crippen LogP contribution in [0.2, 0.25) is 0 Å². The number of aryl methyl sites for hydroxylation is 1. The van der Waals surface area contributed by atoms with Crippen LogP contribution in [-0.2, 0) is 14.8 Å². The number of aromatic nitrogens is 2. The molecule has 0 aliphatic heterocycles. The lowest BCUT2D eigenvalue weighted by Crippen LogP contribution is -2.13. The zero-order valence-corrected chi connectivity index (χ0v) is 15.4. The van der Waals surface area contributed by atoms with E-state index in [0.29, 0.717) is 17.2 Å². The molecular formula is C18H17FN4O3S. The molecule has 3 rings (SSSR count). The summed E-state index contributed by atoms with van der Waals surface area (Å²) < 4.78 is 41.7. The molecule has 140 valence electrons. The third-order valence-corrected chi connectivity index (χ3v) is 5.02. The first-order valence-corrected chi connectivity index (χ1v) is 9.46. The summed E-state index contributed by atoms with van der Waals surface area (Å²) >= 11 is 0. The predicted octanol–water partition coefficient (Wildman–Crippen LogP) is 3.08. The fourth-order valence-corrected chi connectivity index (χ4v) is 3.52. The number of amides is 1. The number of nitrogens with zero attached hydrogens (tertiary/aromatic N) is 2. The summed E-state index contributed by atoms with van der Waals surface area (Å²) in [5.74, 6) is -0.220. The van der Waals surface area contributed by atoms with E-state index in [2.05, 4.69) is 15.1 Å². The molecule has 7 nitrogen and oxygen atoms in total. The number of nitrogens with one attached hydrogen (secondary N) is 2. The van der Waals surface area contributed by atoms with Gasteiger partial charge in [0.25, 0.3) is 10.0 Å². The van der Waals surface area contributed by atoms with E-state index >= 15 is 0 Å². The van der Waals surface area contributed by atoms with Crippen LogP contribution >= 0.6 is 0 Å². The van der Waals surface area contributed by atoms with Crippen molar-refractivity contribution < 1.29 is 17.6 Å². The average molecular weight is 388 g/mol. The molecule has 1 heterocycles. The van der Waals surface area contributed by atoms with Crippen LogP contribution in [0, 0.1) is 12.7 Å². The van der Waals surface area contributed by atoms with Crippen LogP contribution < -0.4 is 10.0 Å². The highest BCUT2D eigenvalue weighted by atomic mass is 32.2. The molecule has 0 fully saturated rings. The van der Waals surface area contributed by atoms with Crippen molar-refractivity contribution in [2.45, 2.75) is 18.7 Å². The summed E-state index contributed by atoms with van der Waals surface area (Å²) in [5.41, 5.74) is 1.71. The van der Waals surface area contributed by atoms with E-state index in [1.165, 1.54) is 19.1 Å². The van der Waals surface area contributed by atoms with Crippen molar-refractivity contribution in [3.8, 4) is 5.69 Å². The van der Waals surface area contributed by atoms with Gasteiger partial charge in [0, 0.05) is 18.7 Å². The highest BCUT2D eigenvalue weighted by molar-refractivity contribution is 7.92. The number of carbonyl (C=O) groups excluding carboxylic acids is 1.